The van der Waals surface area contributed by atoms with Crippen LogP contribution < -0.4 is 5.73 Å². The number of benzene rings is 1. The van der Waals surface area contributed by atoms with Crippen LogP contribution >= 0.6 is 11.3 Å². The number of alkyl halides is 3. The third-order valence-electron chi connectivity index (χ3n) is 2.93. The largest absolute Gasteiger partial charge is 0.416 e. The molecule has 102 valence electrons. The Morgan fingerprint density at radius 1 is 1.10 bits per heavy atom. The average Bonchev–Trinajstić information content (AvgIpc) is 2.84. The Morgan fingerprint density at radius 3 is 2.65 bits per heavy atom. The number of halogens is 3. The lowest BCUT2D eigenvalue weighted by atomic mass is 10.1. The summed E-state index contributed by atoms with van der Waals surface area (Å²) in [7, 11) is 0. The topological polar surface area (TPSA) is 38.9 Å². The molecule has 0 atom stereocenters. The smallest absolute Gasteiger partial charge is 0.384 e. The standard InChI is InChI=1S/C14H9F3N2S/c15-14(16,17)9-6-11(19-12(18)7-9)10-3-1-2-8-4-5-20-13(8)10/h1-7H,(H2,18,19). The van der Waals surface area contributed by atoms with Crippen LogP contribution in [0.2, 0.25) is 0 Å². The van der Waals surface area contributed by atoms with Gasteiger partial charge >= 0.3 is 6.18 Å². The van der Waals surface area contributed by atoms with E-state index in [-0.39, 0.29) is 11.5 Å². The minimum absolute atomic E-state index is 0.136. The summed E-state index contributed by atoms with van der Waals surface area (Å²) < 4.78 is 39.4. The molecule has 0 radical (unpaired) electrons. The molecule has 1 aromatic carbocycles. The van der Waals surface area contributed by atoms with Gasteiger partial charge in [0.1, 0.15) is 5.82 Å². The number of hydrogen-bond donors (Lipinski definition) is 1. The molecular formula is C14H9F3N2S. The van der Waals surface area contributed by atoms with Crippen molar-refractivity contribution in [3.05, 3.63) is 47.3 Å². The molecule has 0 unspecified atom stereocenters. The molecule has 0 aliphatic heterocycles. The average molecular weight is 294 g/mol. The third kappa shape index (κ3) is 2.22. The molecule has 0 saturated carbocycles. The van der Waals surface area contributed by atoms with Gasteiger partial charge in [-0.2, -0.15) is 13.2 Å². The van der Waals surface area contributed by atoms with Gasteiger partial charge in [0.2, 0.25) is 0 Å². The second kappa shape index (κ2) is 4.49. The van der Waals surface area contributed by atoms with Gasteiger partial charge in [0.05, 0.1) is 11.3 Å². The van der Waals surface area contributed by atoms with Crippen LogP contribution in [0.5, 0.6) is 0 Å². The highest BCUT2D eigenvalue weighted by molar-refractivity contribution is 7.17. The van der Waals surface area contributed by atoms with Crippen LogP contribution in [0.3, 0.4) is 0 Å². The van der Waals surface area contributed by atoms with E-state index in [1.54, 1.807) is 12.1 Å². The molecule has 0 aliphatic rings. The fourth-order valence-corrected chi connectivity index (χ4v) is 2.97. The molecule has 2 N–H and O–H groups in total. The van der Waals surface area contributed by atoms with E-state index in [9.17, 15) is 13.2 Å². The third-order valence-corrected chi connectivity index (χ3v) is 3.89. The van der Waals surface area contributed by atoms with E-state index in [0.29, 0.717) is 5.56 Å². The summed E-state index contributed by atoms with van der Waals surface area (Å²) in [6, 6.07) is 9.25. The summed E-state index contributed by atoms with van der Waals surface area (Å²) in [6.45, 7) is 0. The summed E-state index contributed by atoms with van der Waals surface area (Å²) in [5.41, 5.74) is 5.62. The van der Waals surface area contributed by atoms with E-state index in [1.807, 2.05) is 17.5 Å². The van der Waals surface area contributed by atoms with E-state index >= 15 is 0 Å². The van der Waals surface area contributed by atoms with Crippen LogP contribution in [0.15, 0.2) is 41.8 Å². The lowest BCUT2D eigenvalue weighted by molar-refractivity contribution is -0.137. The van der Waals surface area contributed by atoms with Crippen molar-refractivity contribution >= 4 is 27.2 Å². The quantitative estimate of drug-likeness (QED) is 0.714. The Balaban J connectivity index is 2.24. The van der Waals surface area contributed by atoms with Crippen molar-refractivity contribution in [2.24, 2.45) is 0 Å². The Morgan fingerprint density at radius 2 is 1.90 bits per heavy atom. The maximum Gasteiger partial charge on any atom is 0.416 e. The van der Waals surface area contributed by atoms with Gasteiger partial charge in [-0.15, -0.1) is 11.3 Å². The summed E-state index contributed by atoms with van der Waals surface area (Å²) in [5, 5.41) is 2.87. The first-order valence-corrected chi connectivity index (χ1v) is 6.64. The van der Waals surface area contributed by atoms with Gasteiger partial charge in [0, 0.05) is 10.3 Å². The first kappa shape index (κ1) is 12.9. The molecule has 0 aliphatic carbocycles. The van der Waals surface area contributed by atoms with Gasteiger partial charge in [-0.3, -0.25) is 0 Å². The second-order valence-electron chi connectivity index (χ2n) is 4.31. The minimum Gasteiger partial charge on any atom is -0.384 e. The maximum absolute atomic E-state index is 12.8. The molecule has 2 heterocycles. The lowest BCUT2D eigenvalue weighted by Gasteiger charge is -2.10. The molecule has 3 rings (SSSR count). The van der Waals surface area contributed by atoms with Gasteiger partial charge in [-0.05, 0) is 29.0 Å². The number of nitrogens with two attached hydrogens (primary N) is 1. The van der Waals surface area contributed by atoms with Crippen LogP contribution in [-0.2, 0) is 6.18 Å². The number of nitrogens with zero attached hydrogens (tertiary/aromatic N) is 1. The van der Waals surface area contributed by atoms with E-state index < -0.39 is 11.7 Å². The fraction of sp³-hybridized carbons (Fsp3) is 0.0714. The Labute approximate surface area is 116 Å². The van der Waals surface area contributed by atoms with Crippen molar-refractivity contribution in [3.63, 3.8) is 0 Å². The van der Waals surface area contributed by atoms with E-state index in [4.69, 9.17) is 5.73 Å². The highest BCUT2D eigenvalue weighted by atomic mass is 32.1. The molecule has 2 aromatic heterocycles. The van der Waals surface area contributed by atoms with E-state index in [0.717, 1.165) is 22.2 Å². The zero-order chi connectivity index (χ0) is 14.3. The van der Waals surface area contributed by atoms with Crippen LogP contribution in [0.25, 0.3) is 21.3 Å². The molecule has 0 fully saturated rings. The number of pyridine rings is 1. The summed E-state index contributed by atoms with van der Waals surface area (Å²) >= 11 is 1.47. The highest BCUT2D eigenvalue weighted by Gasteiger charge is 2.31. The van der Waals surface area contributed by atoms with Crippen LogP contribution in [-0.4, -0.2) is 4.98 Å². The van der Waals surface area contributed by atoms with Crippen molar-refractivity contribution in [3.8, 4) is 11.3 Å². The number of nitrogen functional groups attached to an aromatic ring is 1. The number of anilines is 1. The van der Waals surface area contributed by atoms with Crippen LogP contribution in [0, 0.1) is 0 Å². The first-order valence-electron chi connectivity index (χ1n) is 5.76. The molecule has 2 nitrogen and oxygen atoms in total. The Bertz CT molecular complexity index is 777. The molecule has 0 saturated heterocycles. The predicted octanol–water partition coefficient (Wildman–Crippen LogP) is 4.56. The monoisotopic (exact) mass is 294 g/mol. The summed E-state index contributed by atoms with van der Waals surface area (Å²) in [6.07, 6.45) is -4.44. The van der Waals surface area contributed by atoms with Crippen molar-refractivity contribution in [2.45, 2.75) is 6.18 Å². The van der Waals surface area contributed by atoms with Crippen molar-refractivity contribution in [2.75, 3.05) is 5.73 Å². The normalized spacial score (nSPS) is 11.9. The molecule has 0 bridgehead atoms. The summed E-state index contributed by atoms with van der Waals surface area (Å²) in [4.78, 5) is 4.03. The summed E-state index contributed by atoms with van der Waals surface area (Å²) in [5.74, 6) is -0.136. The van der Waals surface area contributed by atoms with E-state index in [2.05, 4.69) is 4.98 Å². The fourth-order valence-electron chi connectivity index (χ4n) is 2.05. The van der Waals surface area contributed by atoms with Gasteiger partial charge < -0.3 is 5.73 Å². The van der Waals surface area contributed by atoms with Crippen molar-refractivity contribution < 1.29 is 13.2 Å². The molecule has 0 amide bonds. The van der Waals surface area contributed by atoms with Crippen molar-refractivity contribution in [1.82, 2.24) is 4.98 Å². The molecular weight excluding hydrogens is 285 g/mol. The van der Waals surface area contributed by atoms with Gasteiger partial charge in [0.15, 0.2) is 0 Å². The zero-order valence-corrected chi connectivity index (χ0v) is 10.9. The van der Waals surface area contributed by atoms with Crippen LogP contribution in [0.1, 0.15) is 5.56 Å². The molecule has 0 spiro atoms. The SMILES string of the molecule is Nc1cc(C(F)(F)F)cc(-c2cccc3ccsc23)n1. The highest BCUT2D eigenvalue weighted by Crippen LogP contribution is 2.36. The number of rotatable bonds is 1. The number of fused-ring (bicyclic) bond motifs is 1. The minimum atomic E-state index is -4.44. The Kier molecular flexibility index (Phi) is 2.90. The Hall–Kier alpha value is -2.08. The second-order valence-corrected chi connectivity index (χ2v) is 5.22. The first-order chi connectivity index (χ1) is 9.45. The van der Waals surface area contributed by atoms with Crippen LogP contribution in [0.4, 0.5) is 19.0 Å². The molecule has 3 aromatic rings. The van der Waals surface area contributed by atoms with E-state index in [1.165, 1.54) is 11.3 Å². The maximum atomic E-state index is 12.8. The number of aromatic nitrogens is 1. The van der Waals surface area contributed by atoms with Gasteiger partial charge in [0.25, 0.3) is 0 Å². The number of hydrogen-bond acceptors (Lipinski definition) is 3. The lowest BCUT2D eigenvalue weighted by Crippen LogP contribution is -2.07. The van der Waals surface area contributed by atoms with Gasteiger partial charge in [-0.25, -0.2) is 4.98 Å². The predicted molar refractivity (Wildman–Crippen MR) is 74.5 cm³/mol. The molecule has 6 heteroatoms. The zero-order valence-electron chi connectivity index (χ0n) is 10.1. The van der Waals surface area contributed by atoms with Crippen molar-refractivity contribution in [1.29, 1.82) is 0 Å². The van der Waals surface area contributed by atoms with Gasteiger partial charge in [-0.1, -0.05) is 18.2 Å². The number of thiophene rings is 1. The molecule has 20 heavy (non-hydrogen) atoms.